The van der Waals surface area contributed by atoms with Gasteiger partial charge in [0.2, 0.25) is 0 Å². The van der Waals surface area contributed by atoms with Crippen LogP contribution >= 0.6 is 31.9 Å². The zero-order valence-electron chi connectivity index (χ0n) is 17.6. The molecule has 0 aliphatic rings. The van der Waals surface area contributed by atoms with Crippen molar-refractivity contribution in [3.05, 3.63) is 92.1 Å². The van der Waals surface area contributed by atoms with Crippen LogP contribution in [0.4, 0.5) is 10.1 Å². The van der Waals surface area contributed by atoms with E-state index in [1.165, 1.54) is 30.3 Å². The normalized spacial score (nSPS) is 10.9. The molecule has 0 aliphatic carbocycles. The van der Waals surface area contributed by atoms with Crippen molar-refractivity contribution >= 4 is 49.5 Å². The molecule has 0 bridgehead atoms. The first-order valence-electron chi connectivity index (χ1n) is 9.92. The molecule has 0 saturated heterocycles. The molecule has 5 nitrogen and oxygen atoms in total. The van der Waals surface area contributed by atoms with Gasteiger partial charge in [0.15, 0.2) is 11.5 Å². The van der Waals surface area contributed by atoms with Crippen LogP contribution in [0, 0.1) is 17.1 Å². The van der Waals surface area contributed by atoms with Gasteiger partial charge in [0, 0.05) is 10.2 Å². The number of nitrogens with one attached hydrogen (secondary N) is 1. The van der Waals surface area contributed by atoms with Gasteiger partial charge in [-0.3, -0.25) is 4.79 Å². The van der Waals surface area contributed by atoms with E-state index in [4.69, 9.17) is 9.47 Å². The molecular weight excluding hydrogens is 555 g/mol. The molecule has 3 rings (SSSR count). The molecule has 0 unspecified atom stereocenters. The fourth-order valence-corrected chi connectivity index (χ4v) is 3.70. The maximum Gasteiger partial charge on any atom is 0.266 e. The summed E-state index contributed by atoms with van der Waals surface area (Å²) < 4.78 is 26.4. The van der Waals surface area contributed by atoms with Crippen molar-refractivity contribution in [1.29, 1.82) is 5.26 Å². The first kappa shape index (κ1) is 24.5. The van der Waals surface area contributed by atoms with E-state index in [9.17, 15) is 14.4 Å². The summed E-state index contributed by atoms with van der Waals surface area (Å²) in [6.07, 6.45) is 1.45. The van der Waals surface area contributed by atoms with Crippen LogP contribution in [0.2, 0.25) is 0 Å². The van der Waals surface area contributed by atoms with E-state index in [1.54, 1.807) is 12.1 Å². The molecule has 33 heavy (non-hydrogen) atoms. The average Bonchev–Trinajstić information content (AvgIpc) is 2.79. The number of carbonyl (C=O) groups excluding carboxylic acids is 1. The molecular formula is C25H19Br2FN2O3. The number of nitrogens with zero attached hydrogens (tertiary/aromatic N) is 1. The van der Waals surface area contributed by atoms with Crippen molar-refractivity contribution in [3.63, 3.8) is 0 Å². The van der Waals surface area contributed by atoms with Crippen LogP contribution in [0.3, 0.4) is 0 Å². The number of rotatable bonds is 8. The number of carbonyl (C=O) groups is 1. The number of amides is 1. The second-order valence-corrected chi connectivity index (χ2v) is 8.58. The molecule has 0 atom stereocenters. The summed E-state index contributed by atoms with van der Waals surface area (Å²) in [6, 6.07) is 18.4. The zero-order chi connectivity index (χ0) is 23.8. The molecule has 0 aliphatic heterocycles. The SMILES string of the molecule is CCOc1cc(/C=C(/C#N)C(=O)Nc2ccc(F)cc2)cc(Br)c1OCc1ccc(Br)cc1. The number of benzene rings is 3. The Balaban J connectivity index is 1.83. The van der Waals surface area contributed by atoms with E-state index in [1.807, 2.05) is 37.3 Å². The van der Waals surface area contributed by atoms with Crippen molar-refractivity contribution in [3.8, 4) is 17.6 Å². The molecule has 1 amide bonds. The lowest BCUT2D eigenvalue weighted by molar-refractivity contribution is -0.112. The van der Waals surface area contributed by atoms with E-state index < -0.39 is 11.7 Å². The Kier molecular flexibility index (Phi) is 8.64. The fraction of sp³-hybridized carbons (Fsp3) is 0.120. The van der Waals surface area contributed by atoms with Crippen LogP contribution in [0.25, 0.3) is 6.08 Å². The molecule has 1 N–H and O–H groups in total. The number of nitriles is 1. The minimum absolute atomic E-state index is 0.114. The first-order valence-corrected chi connectivity index (χ1v) is 11.5. The highest BCUT2D eigenvalue weighted by Crippen LogP contribution is 2.38. The van der Waals surface area contributed by atoms with Crippen molar-refractivity contribution in [2.75, 3.05) is 11.9 Å². The van der Waals surface area contributed by atoms with Crippen molar-refractivity contribution in [1.82, 2.24) is 0 Å². The van der Waals surface area contributed by atoms with Crippen molar-refractivity contribution in [2.24, 2.45) is 0 Å². The van der Waals surface area contributed by atoms with Crippen molar-refractivity contribution < 1.29 is 18.7 Å². The summed E-state index contributed by atoms with van der Waals surface area (Å²) in [5.41, 5.74) is 1.83. The Labute approximate surface area is 208 Å². The van der Waals surface area contributed by atoms with Crippen LogP contribution < -0.4 is 14.8 Å². The van der Waals surface area contributed by atoms with Gasteiger partial charge in [0.05, 0.1) is 11.1 Å². The molecule has 0 spiro atoms. The van der Waals surface area contributed by atoms with Gasteiger partial charge in [0.1, 0.15) is 24.1 Å². The largest absolute Gasteiger partial charge is 0.490 e. The van der Waals surface area contributed by atoms with Crippen LogP contribution in [0.5, 0.6) is 11.5 Å². The Hall–Kier alpha value is -3.15. The van der Waals surface area contributed by atoms with Gasteiger partial charge in [-0.1, -0.05) is 28.1 Å². The lowest BCUT2D eigenvalue weighted by Crippen LogP contribution is -2.13. The highest BCUT2D eigenvalue weighted by atomic mass is 79.9. The molecule has 3 aromatic carbocycles. The lowest BCUT2D eigenvalue weighted by Gasteiger charge is -2.15. The second kappa shape index (κ2) is 11.6. The van der Waals surface area contributed by atoms with Gasteiger partial charge in [0.25, 0.3) is 5.91 Å². The van der Waals surface area contributed by atoms with E-state index >= 15 is 0 Å². The van der Waals surface area contributed by atoms with Gasteiger partial charge >= 0.3 is 0 Å². The van der Waals surface area contributed by atoms with Gasteiger partial charge < -0.3 is 14.8 Å². The minimum atomic E-state index is -0.603. The maximum atomic E-state index is 13.1. The summed E-state index contributed by atoms with van der Waals surface area (Å²) >= 11 is 6.91. The third kappa shape index (κ3) is 6.91. The van der Waals surface area contributed by atoms with Crippen LogP contribution in [-0.4, -0.2) is 12.5 Å². The average molecular weight is 574 g/mol. The first-order chi connectivity index (χ1) is 15.9. The molecule has 0 fully saturated rings. The Morgan fingerprint density at radius 2 is 1.79 bits per heavy atom. The Morgan fingerprint density at radius 1 is 1.09 bits per heavy atom. The van der Waals surface area contributed by atoms with Crippen LogP contribution in [-0.2, 0) is 11.4 Å². The molecule has 0 saturated carbocycles. The summed E-state index contributed by atoms with van der Waals surface area (Å²) in [7, 11) is 0. The van der Waals surface area contributed by atoms with Gasteiger partial charge in [-0.2, -0.15) is 5.26 Å². The third-order valence-electron chi connectivity index (χ3n) is 4.41. The van der Waals surface area contributed by atoms with Crippen LogP contribution in [0.1, 0.15) is 18.1 Å². The van der Waals surface area contributed by atoms with Gasteiger partial charge in [-0.25, -0.2) is 4.39 Å². The third-order valence-corrected chi connectivity index (χ3v) is 5.52. The molecule has 0 radical (unpaired) electrons. The van der Waals surface area contributed by atoms with E-state index in [-0.39, 0.29) is 5.57 Å². The maximum absolute atomic E-state index is 13.1. The number of halogens is 3. The predicted octanol–water partition coefficient (Wildman–Crippen LogP) is 6.87. The summed E-state index contributed by atoms with van der Waals surface area (Å²) in [5.74, 6) is -0.0220. The molecule has 168 valence electrons. The zero-order valence-corrected chi connectivity index (χ0v) is 20.7. The van der Waals surface area contributed by atoms with E-state index in [0.29, 0.717) is 40.4 Å². The number of hydrogen-bond donors (Lipinski definition) is 1. The van der Waals surface area contributed by atoms with Gasteiger partial charge in [-0.05, 0) is 88.6 Å². The minimum Gasteiger partial charge on any atom is -0.490 e. The number of ether oxygens (including phenoxy) is 2. The summed E-state index contributed by atoms with van der Waals surface area (Å²) in [5, 5.41) is 12.1. The Bertz CT molecular complexity index is 1200. The smallest absolute Gasteiger partial charge is 0.266 e. The molecule has 0 heterocycles. The summed E-state index contributed by atoms with van der Waals surface area (Å²) in [6.45, 7) is 2.60. The standard InChI is InChI=1S/C25H19Br2FN2O3/c1-2-32-23-13-17(11-18(14-29)25(31)30-21-9-7-20(28)8-10-21)12-22(27)24(23)33-15-16-3-5-19(26)6-4-16/h3-13H,2,15H2,1H3,(H,30,31)/b18-11-. The topological polar surface area (TPSA) is 71.3 Å². The highest BCUT2D eigenvalue weighted by molar-refractivity contribution is 9.10. The van der Waals surface area contributed by atoms with Crippen molar-refractivity contribution in [2.45, 2.75) is 13.5 Å². The second-order valence-electron chi connectivity index (χ2n) is 6.81. The molecule has 0 aromatic heterocycles. The number of hydrogen-bond acceptors (Lipinski definition) is 4. The lowest BCUT2D eigenvalue weighted by atomic mass is 10.1. The van der Waals surface area contributed by atoms with Gasteiger partial charge in [-0.15, -0.1) is 0 Å². The molecule has 8 heteroatoms. The van der Waals surface area contributed by atoms with E-state index in [0.717, 1.165) is 10.0 Å². The monoisotopic (exact) mass is 572 g/mol. The Morgan fingerprint density at radius 3 is 2.42 bits per heavy atom. The van der Waals surface area contributed by atoms with Crippen LogP contribution in [0.15, 0.2) is 75.2 Å². The fourth-order valence-electron chi connectivity index (χ4n) is 2.86. The highest BCUT2D eigenvalue weighted by Gasteiger charge is 2.15. The van der Waals surface area contributed by atoms with E-state index in [2.05, 4.69) is 37.2 Å². The number of anilines is 1. The predicted molar refractivity (Wildman–Crippen MR) is 132 cm³/mol. The quantitative estimate of drug-likeness (QED) is 0.236. The molecule has 3 aromatic rings. The summed E-state index contributed by atoms with van der Waals surface area (Å²) in [4.78, 5) is 12.5.